The molecule has 0 aliphatic carbocycles. The van der Waals surface area contributed by atoms with E-state index in [0.717, 1.165) is 23.9 Å². The predicted molar refractivity (Wildman–Crippen MR) is 102 cm³/mol. The van der Waals surface area contributed by atoms with Crippen molar-refractivity contribution in [3.05, 3.63) is 42.4 Å². The van der Waals surface area contributed by atoms with Gasteiger partial charge in [-0.2, -0.15) is 0 Å². The van der Waals surface area contributed by atoms with Crippen LogP contribution in [0.4, 0.5) is 0 Å². The first-order valence-corrected chi connectivity index (χ1v) is 12.3. The second kappa shape index (κ2) is 8.45. The van der Waals surface area contributed by atoms with Crippen LogP contribution in [0, 0.1) is 0 Å². The fourth-order valence-electron chi connectivity index (χ4n) is 2.45. The molecule has 1 aromatic heterocycles. The fraction of sp³-hybridized carbons (Fsp3) is 0.474. The zero-order valence-corrected chi connectivity index (χ0v) is 16.8. The Kier molecular flexibility index (Phi) is 6.55. The number of aromatic nitrogens is 2. The zero-order valence-electron chi connectivity index (χ0n) is 15.8. The number of ether oxygens (including phenoxy) is 2. The van der Waals surface area contributed by atoms with Crippen LogP contribution >= 0.6 is 0 Å². The van der Waals surface area contributed by atoms with Gasteiger partial charge in [0.1, 0.15) is 6.73 Å². The highest BCUT2D eigenvalue weighted by molar-refractivity contribution is 6.76. The van der Waals surface area contributed by atoms with Crippen molar-refractivity contribution in [3.63, 3.8) is 0 Å². The van der Waals surface area contributed by atoms with Crippen LogP contribution in [0.25, 0.3) is 11.3 Å². The van der Waals surface area contributed by atoms with Crippen molar-refractivity contribution in [2.24, 2.45) is 0 Å². The van der Waals surface area contributed by atoms with Gasteiger partial charge in [-0.05, 0) is 13.0 Å². The Balaban J connectivity index is 2.17. The molecule has 0 saturated heterocycles. The molecule has 0 unspecified atom stereocenters. The summed E-state index contributed by atoms with van der Waals surface area (Å²) in [6, 6.07) is 11.1. The molecule has 0 spiro atoms. The number of hydrogen-bond acceptors (Lipinski definition) is 4. The molecular formula is C19H28N2O3Si. The van der Waals surface area contributed by atoms with Crippen LogP contribution < -0.4 is 0 Å². The lowest BCUT2D eigenvalue weighted by Crippen LogP contribution is -2.22. The first kappa shape index (κ1) is 19.4. The van der Waals surface area contributed by atoms with Gasteiger partial charge in [0.2, 0.25) is 0 Å². The van der Waals surface area contributed by atoms with E-state index in [9.17, 15) is 4.79 Å². The monoisotopic (exact) mass is 360 g/mol. The summed E-state index contributed by atoms with van der Waals surface area (Å²) in [5.41, 5.74) is 1.88. The summed E-state index contributed by atoms with van der Waals surface area (Å²) >= 11 is 0. The summed E-state index contributed by atoms with van der Waals surface area (Å²) in [4.78, 5) is 16.0. The molecule has 136 valence electrons. The molecule has 0 saturated carbocycles. The summed E-state index contributed by atoms with van der Waals surface area (Å²) in [6.07, 6.45) is 1.54. The maximum Gasteiger partial charge on any atom is 0.303 e. The topological polar surface area (TPSA) is 53.3 Å². The van der Waals surface area contributed by atoms with Crippen molar-refractivity contribution in [1.29, 1.82) is 0 Å². The van der Waals surface area contributed by atoms with E-state index in [2.05, 4.69) is 24.6 Å². The Morgan fingerprint density at radius 1 is 1.24 bits per heavy atom. The number of hydrogen-bond donors (Lipinski definition) is 0. The maximum atomic E-state index is 11.3. The molecule has 0 radical (unpaired) electrons. The molecule has 0 aliphatic rings. The minimum atomic E-state index is -1.12. The third kappa shape index (κ3) is 6.14. The summed E-state index contributed by atoms with van der Waals surface area (Å²) in [6.45, 7) is 11.4. The van der Waals surface area contributed by atoms with Crippen molar-refractivity contribution in [3.8, 4) is 11.3 Å². The summed E-state index contributed by atoms with van der Waals surface area (Å²) in [7, 11) is -1.12. The lowest BCUT2D eigenvalue weighted by atomic mass is 10.2. The van der Waals surface area contributed by atoms with E-state index in [-0.39, 0.29) is 5.97 Å². The molecule has 6 heteroatoms. The van der Waals surface area contributed by atoms with Crippen LogP contribution in [0.1, 0.15) is 25.8 Å². The number of imidazole rings is 1. The molecule has 0 amide bonds. The molecular weight excluding hydrogens is 332 g/mol. The van der Waals surface area contributed by atoms with Crippen molar-refractivity contribution >= 4 is 14.0 Å². The smallest absolute Gasteiger partial charge is 0.303 e. The second-order valence-electron chi connectivity index (χ2n) is 7.42. The molecule has 0 aliphatic heterocycles. The van der Waals surface area contributed by atoms with Gasteiger partial charge in [0.15, 0.2) is 11.9 Å². The Bertz CT molecular complexity index is 692. The molecule has 2 rings (SSSR count). The molecule has 2 aromatic rings. The normalized spacial score (nSPS) is 12.8. The van der Waals surface area contributed by atoms with Crippen LogP contribution in [-0.2, 0) is 21.0 Å². The highest BCUT2D eigenvalue weighted by Crippen LogP contribution is 2.23. The van der Waals surface area contributed by atoms with Gasteiger partial charge in [-0.1, -0.05) is 50.0 Å². The Labute approximate surface area is 151 Å². The molecule has 1 aromatic carbocycles. The summed E-state index contributed by atoms with van der Waals surface area (Å²) in [5, 5.41) is 0. The van der Waals surface area contributed by atoms with Gasteiger partial charge in [0, 0.05) is 33.4 Å². The van der Waals surface area contributed by atoms with E-state index in [1.807, 2.05) is 48.0 Å². The van der Waals surface area contributed by atoms with E-state index < -0.39 is 14.2 Å². The van der Waals surface area contributed by atoms with Crippen molar-refractivity contribution in [2.75, 3.05) is 6.61 Å². The van der Waals surface area contributed by atoms with E-state index in [1.165, 1.54) is 6.92 Å². The van der Waals surface area contributed by atoms with Gasteiger partial charge in [-0.15, -0.1) is 0 Å². The summed E-state index contributed by atoms with van der Waals surface area (Å²) < 4.78 is 13.1. The average Bonchev–Trinajstić information content (AvgIpc) is 2.95. The van der Waals surface area contributed by atoms with Gasteiger partial charge in [-0.3, -0.25) is 4.79 Å². The molecule has 0 bridgehead atoms. The van der Waals surface area contributed by atoms with Crippen LogP contribution in [0.3, 0.4) is 0 Å². The minimum Gasteiger partial charge on any atom is -0.455 e. The first-order valence-electron chi connectivity index (χ1n) is 8.64. The third-order valence-electron chi connectivity index (χ3n) is 3.81. The van der Waals surface area contributed by atoms with Gasteiger partial charge in [0.25, 0.3) is 0 Å². The number of esters is 1. The lowest BCUT2D eigenvalue weighted by molar-refractivity contribution is -0.146. The van der Waals surface area contributed by atoms with Crippen LogP contribution in [0.2, 0.25) is 25.7 Å². The minimum absolute atomic E-state index is 0.317. The fourth-order valence-corrected chi connectivity index (χ4v) is 3.21. The van der Waals surface area contributed by atoms with E-state index >= 15 is 0 Å². The van der Waals surface area contributed by atoms with E-state index in [1.54, 1.807) is 0 Å². The predicted octanol–water partition coefficient (Wildman–Crippen LogP) is 4.49. The third-order valence-corrected chi connectivity index (χ3v) is 5.51. The zero-order chi connectivity index (χ0) is 18.4. The van der Waals surface area contributed by atoms with Crippen LogP contribution in [0.15, 0.2) is 36.5 Å². The quantitative estimate of drug-likeness (QED) is 0.395. The van der Waals surface area contributed by atoms with Crippen molar-refractivity contribution in [1.82, 2.24) is 9.55 Å². The van der Waals surface area contributed by atoms with Crippen molar-refractivity contribution in [2.45, 2.75) is 52.4 Å². The van der Waals surface area contributed by atoms with Gasteiger partial charge >= 0.3 is 5.97 Å². The molecule has 5 nitrogen and oxygen atoms in total. The molecule has 1 heterocycles. The number of nitrogens with zero attached hydrogens (tertiary/aromatic N) is 2. The van der Waals surface area contributed by atoms with Crippen molar-refractivity contribution < 1.29 is 14.3 Å². The summed E-state index contributed by atoms with van der Waals surface area (Å²) in [5.74, 6) is 0.380. The molecule has 0 N–H and O–H groups in total. The Morgan fingerprint density at radius 2 is 1.92 bits per heavy atom. The number of benzene rings is 1. The van der Waals surface area contributed by atoms with Crippen LogP contribution in [-0.4, -0.2) is 30.2 Å². The second-order valence-corrected chi connectivity index (χ2v) is 13.0. The molecule has 0 fully saturated rings. The number of carbonyl (C=O) groups excluding carboxylic acids is 1. The van der Waals surface area contributed by atoms with Gasteiger partial charge < -0.3 is 14.0 Å². The Morgan fingerprint density at radius 3 is 2.52 bits per heavy atom. The van der Waals surface area contributed by atoms with Crippen LogP contribution in [0.5, 0.6) is 0 Å². The largest absolute Gasteiger partial charge is 0.455 e. The highest BCUT2D eigenvalue weighted by atomic mass is 28.3. The molecule has 1 atom stereocenters. The first-order chi connectivity index (χ1) is 11.8. The van der Waals surface area contributed by atoms with Gasteiger partial charge in [0.05, 0.1) is 5.69 Å². The highest BCUT2D eigenvalue weighted by Gasteiger charge is 2.19. The van der Waals surface area contributed by atoms with E-state index in [0.29, 0.717) is 12.6 Å². The standard InChI is InChI=1S/C19H28N2O3Si/c1-15(24-16(2)22)19-20-18(17-9-7-6-8-10-17)13-21(19)14-23-11-12-25(3,4)5/h6-10,13,15H,11-12,14H2,1-5H3/t15-/m1/s1. The Hall–Kier alpha value is -1.92. The van der Waals surface area contributed by atoms with Gasteiger partial charge in [-0.25, -0.2) is 4.98 Å². The maximum absolute atomic E-state index is 11.3. The number of rotatable bonds is 8. The van der Waals surface area contributed by atoms with E-state index in [4.69, 9.17) is 9.47 Å². The molecule has 25 heavy (non-hydrogen) atoms. The lowest BCUT2D eigenvalue weighted by Gasteiger charge is -2.17. The SMILES string of the molecule is CC(=O)O[C@H](C)c1nc(-c2ccccc2)cn1COCC[Si](C)(C)C. The average molecular weight is 361 g/mol. The number of carbonyl (C=O) groups is 1.